The molecule has 0 spiro atoms. The standard InChI is InChI=1S/C28H29N5O7S/c1-6-39-28(34)20-15-18(13-14-29-20)25-31-26(33(41(35)36)23-12-11-19(16-30-23)17(2)3)24(27(32-25)38-5)40-22-10-8-7-9-21(22)37-4/h7-17H,6H2,1-5H3,(H,35,36)/p-1. The highest BCUT2D eigenvalue weighted by molar-refractivity contribution is 7.81. The van der Waals surface area contributed by atoms with Gasteiger partial charge in [0.05, 0.1) is 32.1 Å². The zero-order chi connectivity index (χ0) is 29.5. The number of para-hydroxylation sites is 2. The molecule has 0 aliphatic carbocycles. The highest BCUT2D eigenvalue weighted by Crippen LogP contribution is 2.44. The van der Waals surface area contributed by atoms with Crippen LogP contribution in [0.3, 0.4) is 0 Å². The minimum absolute atomic E-state index is 0.0259. The van der Waals surface area contributed by atoms with Gasteiger partial charge in [0.25, 0.3) is 5.88 Å². The maximum Gasteiger partial charge on any atom is 0.356 e. The first-order chi connectivity index (χ1) is 19.8. The Labute approximate surface area is 239 Å². The van der Waals surface area contributed by atoms with Crippen molar-refractivity contribution in [2.45, 2.75) is 26.7 Å². The molecule has 13 heteroatoms. The van der Waals surface area contributed by atoms with E-state index in [1.807, 2.05) is 13.8 Å². The number of methoxy groups -OCH3 is 2. The molecule has 12 nitrogen and oxygen atoms in total. The van der Waals surface area contributed by atoms with E-state index in [0.29, 0.717) is 11.3 Å². The van der Waals surface area contributed by atoms with Crippen LogP contribution < -0.4 is 18.5 Å². The molecule has 3 aromatic heterocycles. The van der Waals surface area contributed by atoms with Crippen molar-refractivity contribution in [3.8, 4) is 34.5 Å². The number of carbonyl (C=O) groups excluding carboxylic acids is 1. The number of aromatic nitrogens is 4. The lowest BCUT2D eigenvalue weighted by Crippen LogP contribution is -2.23. The molecular weight excluding hydrogens is 550 g/mol. The fourth-order valence-electron chi connectivity index (χ4n) is 3.73. The highest BCUT2D eigenvalue weighted by atomic mass is 32.2. The molecule has 1 atom stereocenters. The zero-order valence-electron chi connectivity index (χ0n) is 23.1. The summed E-state index contributed by atoms with van der Waals surface area (Å²) in [5.74, 6) is -0.101. The van der Waals surface area contributed by atoms with Crippen LogP contribution in [-0.4, -0.2) is 55.5 Å². The Morgan fingerprint density at radius 2 is 1.78 bits per heavy atom. The van der Waals surface area contributed by atoms with Crippen molar-refractivity contribution < 1.29 is 32.5 Å². The summed E-state index contributed by atoms with van der Waals surface area (Å²) in [5.41, 5.74) is 1.30. The van der Waals surface area contributed by atoms with E-state index in [4.69, 9.17) is 18.9 Å². The number of hydrogen-bond donors (Lipinski definition) is 0. The number of rotatable bonds is 11. The molecule has 1 unspecified atom stereocenters. The average molecular weight is 579 g/mol. The molecule has 4 rings (SSSR count). The third-order valence-electron chi connectivity index (χ3n) is 5.78. The van der Waals surface area contributed by atoms with E-state index in [9.17, 15) is 13.6 Å². The van der Waals surface area contributed by atoms with Crippen LogP contribution in [0.5, 0.6) is 23.1 Å². The Morgan fingerprint density at radius 1 is 1.02 bits per heavy atom. The van der Waals surface area contributed by atoms with E-state index < -0.39 is 17.2 Å². The predicted octanol–water partition coefficient (Wildman–Crippen LogP) is 4.98. The molecule has 3 heterocycles. The summed E-state index contributed by atoms with van der Waals surface area (Å²) < 4.78 is 48.5. The zero-order valence-corrected chi connectivity index (χ0v) is 23.9. The van der Waals surface area contributed by atoms with Crippen molar-refractivity contribution in [3.05, 3.63) is 72.2 Å². The summed E-state index contributed by atoms with van der Waals surface area (Å²) in [6.07, 6.45) is 2.99. The van der Waals surface area contributed by atoms with Crippen LogP contribution in [0.1, 0.15) is 42.7 Å². The van der Waals surface area contributed by atoms with Gasteiger partial charge in [0, 0.05) is 18.0 Å². The number of ether oxygens (including phenoxy) is 4. The quantitative estimate of drug-likeness (QED) is 0.175. The Balaban J connectivity index is 1.95. The Hall–Kier alpha value is -4.62. The van der Waals surface area contributed by atoms with E-state index in [2.05, 4.69) is 19.9 Å². The van der Waals surface area contributed by atoms with Gasteiger partial charge in [0.1, 0.15) is 11.5 Å². The van der Waals surface area contributed by atoms with Crippen molar-refractivity contribution in [1.29, 1.82) is 0 Å². The lowest BCUT2D eigenvalue weighted by atomic mass is 10.1. The second-order valence-electron chi connectivity index (χ2n) is 8.73. The Bertz CT molecular complexity index is 1550. The van der Waals surface area contributed by atoms with Gasteiger partial charge in [-0.2, -0.15) is 4.98 Å². The van der Waals surface area contributed by atoms with Crippen molar-refractivity contribution in [2.24, 2.45) is 0 Å². The molecule has 214 valence electrons. The van der Waals surface area contributed by atoms with E-state index in [0.717, 1.165) is 9.87 Å². The molecule has 0 saturated heterocycles. The molecule has 0 aliphatic rings. The van der Waals surface area contributed by atoms with Gasteiger partial charge in [-0.05, 0) is 48.7 Å². The molecular formula is C28H28N5O7S-. The third-order valence-corrected chi connectivity index (χ3v) is 6.44. The van der Waals surface area contributed by atoms with Crippen LogP contribution in [0.25, 0.3) is 11.4 Å². The third kappa shape index (κ3) is 6.58. The van der Waals surface area contributed by atoms with Crippen LogP contribution >= 0.6 is 0 Å². The summed E-state index contributed by atoms with van der Waals surface area (Å²) in [4.78, 5) is 29.8. The predicted molar refractivity (Wildman–Crippen MR) is 150 cm³/mol. The first kappa shape index (κ1) is 29.4. The number of hydrogen-bond acceptors (Lipinski definition) is 11. The van der Waals surface area contributed by atoms with Crippen LogP contribution in [0.15, 0.2) is 60.9 Å². The number of anilines is 2. The molecule has 0 fully saturated rings. The largest absolute Gasteiger partial charge is 0.755 e. The molecule has 0 radical (unpaired) electrons. The fourth-order valence-corrected chi connectivity index (χ4v) is 4.25. The van der Waals surface area contributed by atoms with Crippen LogP contribution in [0, 0.1) is 0 Å². The SMILES string of the molecule is CCOC(=O)c1cc(-c2nc(OC)c(Oc3ccccc3OC)c(N(c3ccc(C(C)C)cn3)S(=O)[O-])n2)ccn1. The molecule has 41 heavy (non-hydrogen) atoms. The van der Waals surface area contributed by atoms with Crippen molar-refractivity contribution in [2.75, 3.05) is 25.1 Å². The normalized spacial score (nSPS) is 11.6. The lowest BCUT2D eigenvalue weighted by molar-refractivity contribution is 0.0519. The monoisotopic (exact) mass is 578 g/mol. The summed E-state index contributed by atoms with van der Waals surface area (Å²) >= 11 is -2.91. The molecule has 4 aromatic rings. The van der Waals surface area contributed by atoms with Crippen molar-refractivity contribution in [1.82, 2.24) is 19.9 Å². The smallest absolute Gasteiger partial charge is 0.356 e. The number of carbonyl (C=O) groups is 1. The molecule has 1 aromatic carbocycles. The van der Waals surface area contributed by atoms with Gasteiger partial charge >= 0.3 is 5.97 Å². The summed E-state index contributed by atoms with van der Waals surface area (Å²) in [6.45, 7) is 5.85. The lowest BCUT2D eigenvalue weighted by Gasteiger charge is -2.27. The van der Waals surface area contributed by atoms with Gasteiger partial charge in [-0.3, -0.25) is 4.21 Å². The van der Waals surface area contributed by atoms with Gasteiger partial charge in [-0.25, -0.2) is 24.1 Å². The van der Waals surface area contributed by atoms with Gasteiger partial charge in [0.15, 0.2) is 23.1 Å². The Kier molecular flexibility index (Phi) is 9.42. The highest BCUT2D eigenvalue weighted by Gasteiger charge is 2.27. The van der Waals surface area contributed by atoms with Crippen LogP contribution in [0.2, 0.25) is 0 Å². The van der Waals surface area contributed by atoms with Gasteiger partial charge in [-0.1, -0.05) is 32.0 Å². The van der Waals surface area contributed by atoms with E-state index >= 15 is 0 Å². The number of nitrogens with zero attached hydrogens (tertiary/aromatic N) is 5. The summed E-state index contributed by atoms with van der Waals surface area (Å²) in [5, 5.41) is 0. The second kappa shape index (κ2) is 13.2. The van der Waals surface area contributed by atoms with Gasteiger partial charge < -0.3 is 23.5 Å². The molecule has 0 amide bonds. The topological polar surface area (TPSA) is 149 Å². The van der Waals surface area contributed by atoms with E-state index in [1.165, 1.54) is 26.5 Å². The Morgan fingerprint density at radius 3 is 2.39 bits per heavy atom. The maximum atomic E-state index is 12.7. The average Bonchev–Trinajstić information content (AvgIpc) is 2.98. The summed E-state index contributed by atoms with van der Waals surface area (Å²) in [6, 6.07) is 13.1. The summed E-state index contributed by atoms with van der Waals surface area (Å²) in [7, 11) is 2.83. The molecule has 0 bridgehead atoms. The number of benzene rings is 1. The molecule has 0 N–H and O–H groups in total. The fraction of sp³-hybridized carbons (Fsp3) is 0.250. The van der Waals surface area contributed by atoms with Crippen LogP contribution in [-0.2, 0) is 16.0 Å². The molecule has 0 aliphatic heterocycles. The van der Waals surface area contributed by atoms with E-state index in [1.54, 1.807) is 55.6 Å². The number of esters is 1. The van der Waals surface area contributed by atoms with Gasteiger partial charge in [-0.15, -0.1) is 0 Å². The van der Waals surface area contributed by atoms with Crippen molar-refractivity contribution in [3.63, 3.8) is 0 Å². The second-order valence-corrected chi connectivity index (χ2v) is 9.53. The molecule has 0 saturated carbocycles. The van der Waals surface area contributed by atoms with Gasteiger partial charge in [0.2, 0.25) is 5.75 Å². The minimum atomic E-state index is -2.91. The van der Waals surface area contributed by atoms with E-state index in [-0.39, 0.29) is 53.1 Å². The minimum Gasteiger partial charge on any atom is -0.755 e. The van der Waals surface area contributed by atoms with Crippen LogP contribution in [0.4, 0.5) is 11.6 Å². The van der Waals surface area contributed by atoms with Crippen molar-refractivity contribution >= 4 is 28.9 Å². The maximum absolute atomic E-state index is 12.7. The first-order valence-corrected chi connectivity index (χ1v) is 13.6. The number of pyridine rings is 2. The first-order valence-electron chi connectivity index (χ1n) is 12.5.